The van der Waals surface area contributed by atoms with Crippen molar-refractivity contribution in [1.82, 2.24) is 29.7 Å². The van der Waals surface area contributed by atoms with Gasteiger partial charge >= 0.3 is 0 Å². The molecule has 0 radical (unpaired) electrons. The summed E-state index contributed by atoms with van der Waals surface area (Å²) in [6, 6.07) is 4.03. The van der Waals surface area contributed by atoms with E-state index in [0.717, 1.165) is 52.0 Å². The standard InChI is InChI=1S/C23H25ClN6/c1-12-13-3-5-14(6-4-13)17(12)10-19-16-7-8-30(2)23(16)27-22(26-19)20-18-9-15(24)11-25-21(18)29-28-20/h7-9,11-14,17H,3-6,10H2,1-2H3,(H,25,28,29). The van der Waals surface area contributed by atoms with Gasteiger partial charge in [0.1, 0.15) is 11.3 Å². The second-order valence-electron chi connectivity index (χ2n) is 9.18. The van der Waals surface area contributed by atoms with Crippen molar-refractivity contribution in [2.24, 2.45) is 30.7 Å². The third-order valence-corrected chi connectivity index (χ3v) is 7.88. The maximum Gasteiger partial charge on any atom is 0.181 e. The van der Waals surface area contributed by atoms with E-state index < -0.39 is 0 Å². The van der Waals surface area contributed by atoms with Crippen molar-refractivity contribution in [3.8, 4) is 11.5 Å². The summed E-state index contributed by atoms with van der Waals surface area (Å²) < 4.78 is 2.07. The molecule has 3 aliphatic rings. The Morgan fingerprint density at radius 2 is 1.93 bits per heavy atom. The first-order valence-electron chi connectivity index (χ1n) is 10.9. The van der Waals surface area contributed by atoms with Crippen molar-refractivity contribution in [2.45, 2.75) is 39.0 Å². The second-order valence-corrected chi connectivity index (χ2v) is 9.62. The van der Waals surface area contributed by atoms with E-state index in [0.29, 0.717) is 22.4 Å². The highest BCUT2D eigenvalue weighted by Gasteiger charge is 2.41. The average molecular weight is 421 g/mol. The molecule has 0 aliphatic heterocycles. The van der Waals surface area contributed by atoms with Gasteiger partial charge in [-0.3, -0.25) is 5.10 Å². The highest BCUT2D eigenvalue weighted by atomic mass is 35.5. The minimum Gasteiger partial charge on any atom is -0.335 e. The Labute approximate surface area is 180 Å². The number of halogens is 1. The van der Waals surface area contributed by atoms with Crippen LogP contribution in [0.3, 0.4) is 0 Å². The van der Waals surface area contributed by atoms with Crippen LogP contribution in [0, 0.1) is 23.7 Å². The fourth-order valence-electron chi connectivity index (χ4n) is 5.96. The lowest BCUT2D eigenvalue weighted by molar-refractivity contribution is 0.0341. The predicted octanol–water partition coefficient (Wildman–Crippen LogP) is 5.17. The van der Waals surface area contributed by atoms with E-state index in [-0.39, 0.29) is 0 Å². The van der Waals surface area contributed by atoms with Crippen LogP contribution in [0.1, 0.15) is 38.3 Å². The minimum atomic E-state index is 0.581. The zero-order valence-electron chi connectivity index (χ0n) is 17.3. The summed E-state index contributed by atoms with van der Waals surface area (Å²) in [6.45, 7) is 2.46. The first-order chi connectivity index (χ1) is 14.6. The third-order valence-electron chi connectivity index (χ3n) is 7.67. The Morgan fingerprint density at radius 1 is 1.13 bits per heavy atom. The number of pyridine rings is 1. The first-order valence-corrected chi connectivity index (χ1v) is 11.3. The number of aromatic amines is 1. The van der Waals surface area contributed by atoms with E-state index in [9.17, 15) is 0 Å². The van der Waals surface area contributed by atoms with E-state index in [2.05, 4.69) is 38.9 Å². The molecule has 2 unspecified atom stereocenters. The fourth-order valence-corrected chi connectivity index (χ4v) is 6.12. The van der Waals surface area contributed by atoms with Crippen LogP contribution in [0.5, 0.6) is 0 Å². The van der Waals surface area contributed by atoms with Crippen LogP contribution in [0.2, 0.25) is 5.02 Å². The van der Waals surface area contributed by atoms with Gasteiger partial charge in [-0.05, 0) is 67.9 Å². The minimum absolute atomic E-state index is 0.581. The molecule has 154 valence electrons. The molecule has 0 spiro atoms. The van der Waals surface area contributed by atoms with Crippen molar-refractivity contribution in [3.05, 3.63) is 35.2 Å². The quantitative estimate of drug-likeness (QED) is 0.496. The smallest absolute Gasteiger partial charge is 0.181 e. The summed E-state index contributed by atoms with van der Waals surface area (Å²) in [6.07, 6.45) is 10.3. The summed E-state index contributed by atoms with van der Waals surface area (Å²) in [5.41, 5.74) is 3.52. The third kappa shape index (κ3) is 2.77. The molecule has 3 aliphatic carbocycles. The lowest BCUT2D eigenvalue weighted by Gasteiger charge is -2.47. The molecule has 3 fully saturated rings. The molecule has 3 saturated carbocycles. The molecule has 4 aromatic rings. The van der Waals surface area contributed by atoms with Gasteiger partial charge in [0.15, 0.2) is 11.5 Å². The number of aromatic nitrogens is 6. The van der Waals surface area contributed by atoms with Crippen LogP contribution in [0.15, 0.2) is 24.5 Å². The number of hydrogen-bond donors (Lipinski definition) is 1. The van der Waals surface area contributed by atoms with Crippen molar-refractivity contribution in [3.63, 3.8) is 0 Å². The van der Waals surface area contributed by atoms with E-state index in [1.54, 1.807) is 6.20 Å². The van der Waals surface area contributed by atoms with Gasteiger partial charge < -0.3 is 4.57 Å². The lowest BCUT2D eigenvalue weighted by Crippen LogP contribution is -2.39. The first kappa shape index (κ1) is 18.3. The summed E-state index contributed by atoms with van der Waals surface area (Å²) >= 11 is 6.20. The number of rotatable bonds is 3. The van der Waals surface area contributed by atoms with Gasteiger partial charge in [-0.15, -0.1) is 0 Å². The number of H-pyrrole nitrogens is 1. The van der Waals surface area contributed by atoms with E-state index >= 15 is 0 Å². The summed E-state index contributed by atoms with van der Waals surface area (Å²) in [5.74, 6) is 3.86. The molecule has 0 saturated heterocycles. The van der Waals surface area contributed by atoms with Gasteiger partial charge in [-0.2, -0.15) is 5.10 Å². The molecule has 0 aromatic carbocycles. The van der Waals surface area contributed by atoms with Crippen molar-refractivity contribution >= 4 is 33.7 Å². The molecule has 30 heavy (non-hydrogen) atoms. The number of nitrogens with zero attached hydrogens (tertiary/aromatic N) is 5. The summed E-state index contributed by atoms with van der Waals surface area (Å²) in [7, 11) is 2.04. The molecule has 7 heteroatoms. The Morgan fingerprint density at radius 3 is 2.73 bits per heavy atom. The zero-order valence-corrected chi connectivity index (χ0v) is 18.0. The van der Waals surface area contributed by atoms with Crippen LogP contribution in [-0.4, -0.2) is 29.7 Å². The van der Waals surface area contributed by atoms with Gasteiger partial charge in [-0.1, -0.05) is 18.5 Å². The van der Waals surface area contributed by atoms with Gasteiger partial charge in [0, 0.05) is 24.8 Å². The van der Waals surface area contributed by atoms with Gasteiger partial charge in [0.2, 0.25) is 0 Å². The number of fused-ring (bicyclic) bond motifs is 5. The Bertz CT molecular complexity index is 1250. The highest BCUT2D eigenvalue weighted by Crippen LogP contribution is 2.50. The zero-order chi connectivity index (χ0) is 20.4. The lowest BCUT2D eigenvalue weighted by atomic mass is 9.58. The van der Waals surface area contributed by atoms with E-state index in [1.165, 1.54) is 25.7 Å². The van der Waals surface area contributed by atoms with Crippen LogP contribution >= 0.6 is 11.6 Å². The Balaban J connectivity index is 1.48. The molecule has 0 amide bonds. The molecule has 4 aromatic heterocycles. The summed E-state index contributed by atoms with van der Waals surface area (Å²) in [5, 5.41) is 10.0. The second kappa shape index (κ2) is 6.77. The molecule has 2 bridgehead atoms. The van der Waals surface area contributed by atoms with Gasteiger partial charge in [0.05, 0.1) is 16.1 Å². The molecular formula is C23H25ClN6. The fraction of sp³-hybridized carbons (Fsp3) is 0.478. The van der Waals surface area contributed by atoms with E-state index in [1.807, 2.05) is 13.1 Å². The molecular weight excluding hydrogens is 396 g/mol. The normalized spacial score (nSPS) is 26.1. The van der Waals surface area contributed by atoms with Gasteiger partial charge in [0.25, 0.3) is 0 Å². The Kier molecular flexibility index (Phi) is 4.13. The topological polar surface area (TPSA) is 72.3 Å². The largest absolute Gasteiger partial charge is 0.335 e. The maximum absolute atomic E-state index is 6.20. The van der Waals surface area contributed by atoms with Crippen molar-refractivity contribution in [2.75, 3.05) is 0 Å². The molecule has 4 heterocycles. The molecule has 7 rings (SSSR count). The van der Waals surface area contributed by atoms with Crippen molar-refractivity contribution in [1.29, 1.82) is 0 Å². The molecule has 2 atom stereocenters. The van der Waals surface area contributed by atoms with Crippen LogP contribution in [0.4, 0.5) is 0 Å². The monoisotopic (exact) mass is 420 g/mol. The van der Waals surface area contributed by atoms with Crippen LogP contribution in [0.25, 0.3) is 33.6 Å². The number of hydrogen-bond acceptors (Lipinski definition) is 4. The number of nitrogens with one attached hydrogen (secondary N) is 1. The summed E-state index contributed by atoms with van der Waals surface area (Å²) in [4.78, 5) is 14.3. The average Bonchev–Trinajstić information content (AvgIpc) is 3.34. The molecule has 6 nitrogen and oxygen atoms in total. The maximum atomic E-state index is 6.20. The SMILES string of the molecule is CC1C2CCC(CC2)C1Cc1nc(-c2[nH]nc3ncc(Cl)cc23)nc2c1ccn2C. The highest BCUT2D eigenvalue weighted by molar-refractivity contribution is 6.31. The molecule has 1 N–H and O–H groups in total. The predicted molar refractivity (Wildman–Crippen MR) is 118 cm³/mol. The van der Waals surface area contributed by atoms with Crippen LogP contribution in [-0.2, 0) is 13.5 Å². The van der Waals surface area contributed by atoms with Crippen molar-refractivity contribution < 1.29 is 0 Å². The van der Waals surface area contributed by atoms with Crippen LogP contribution < -0.4 is 0 Å². The van der Waals surface area contributed by atoms with E-state index in [4.69, 9.17) is 21.6 Å². The van der Waals surface area contributed by atoms with Gasteiger partial charge in [-0.25, -0.2) is 15.0 Å². The Hall–Kier alpha value is -2.47. The number of aryl methyl sites for hydroxylation is 1.